The van der Waals surface area contributed by atoms with Gasteiger partial charge in [-0.2, -0.15) is 0 Å². The smallest absolute Gasteiger partial charge is 0.0890 e. The first-order valence-electron chi connectivity index (χ1n) is 8.02. The van der Waals surface area contributed by atoms with Crippen LogP contribution in [0.15, 0.2) is 47.2 Å². The molecule has 2 heteroatoms. The summed E-state index contributed by atoms with van der Waals surface area (Å²) in [7, 11) is 0. The van der Waals surface area contributed by atoms with Gasteiger partial charge >= 0.3 is 0 Å². The average molecular weight is 299 g/mol. The molecule has 1 N–H and O–H groups in total. The monoisotopic (exact) mass is 299 g/mol. The summed E-state index contributed by atoms with van der Waals surface area (Å²) >= 11 is 0. The summed E-state index contributed by atoms with van der Waals surface area (Å²) in [6.07, 6.45) is 5.06. The van der Waals surface area contributed by atoms with Gasteiger partial charge in [0.2, 0.25) is 0 Å². The maximum absolute atomic E-state index is 9.70. The van der Waals surface area contributed by atoms with Crippen molar-refractivity contribution >= 4 is 11.9 Å². The number of nitrogens with zero attached hydrogens (tertiary/aromatic N) is 1. The molecule has 0 aromatic heterocycles. The van der Waals surface area contributed by atoms with Gasteiger partial charge < -0.3 is 5.11 Å². The molecule has 1 aromatic rings. The molecular weight excluding hydrogens is 270 g/mol. The van der Waals surface area contributed by atoms with Gasteiger partial charge in [0.15, 0.2) is 0 Å². The van der Waals surface area contributed by atoms with E-state index in [1.807, 2.05) is 12.3 Å². The fourth-order valence-corrected chi connectivity index (χ4v) is 2.46. The predicted molar refractivity (Wildman–Crippen MR) is 97.5 cm³/mol. The minimum Gasteiger partial charge on any atom is -0.513 e. The number of hydrogen-bond acceptors (Lipinski definition) is 2. The molecule has 0 spiro atoms. The summed E-state index contributed by atoms with van der Waals surface area (Å²) in [5.74, 6) is 1.25. The summed E-state index contributed by atoms with van der Waals surface area (Å²) < 4.78 is 0. The van der Waals surface area contributed by atoms with Crippen molar-refractivity contribution in [1.29, 1.82) is 0 Å². The van der Waals surface area contributed by atoms with Gasteiger partial charge in [0.1, 0.15) is 0 Å². The number of benzene rings is 1. The Labute approximate surface area is 135 Å². The molecule has 1 rings (SSSR count). The second kappa shape index (κ2) is 8.57. The molecule has 0 aliphatic carbocycles. The Morgan fingerprint density at radius 1 is 1.14 bits per heavy atom. The Bertz CT molecular complexity index is 535. The van der Waals surface area contributed by atoms with Crippen LogP contribution in [-0.4, -0.2) is 11.3 Å². The van der Waals surface area contributed by atoms with Gasteiger partial charge in [-0.1, -0.05) is 52.0 Å². The van der Waals surface area contributed by atoms with E-state index >= 15 is 0 Å². The second-order valence-electron chi connectivity index (χ2n) is 6.29. The second-order valence-corrected chi connectivity index (χ2v) is 6.29. The van der Waals surface area contributed by atoms with Crippen LogP contribution in [0.1, 0.15) is 70.4 Å². The van der Waals surface area contributed by atoms with E-state index in [0.717, 1.165) is 11.3 Å². The molecule has 0 aliphatic rings. The van der Waals surface area contributed by atoms with Gasteiger partial charge in [0, 0.05) is 12.6 Å². The molecule has 0 heterocycles. The molecule has 0 fully saturated rings. The normalized spacial score (nSPS) is 13.0. The third kappa shape index (κ3) is 4.87. The van der Waals surface area contributed by atoms with Crippen molar-refractivity contribution < 1.29 is 5.11 Å². The molecule has 0 unspecified atom stereocenters. The number of rotatable bonds is 7. The molecular formula is C20H29NO. The van der Waals surface area contributed by atoms with Crippen molar-refractivity contribution in [2.24, 2.45) is 4.99 Å². The number of aliphatic hydroxyl groups excluding tert-OH is 1. The number of para-hydroxylation sites is 1. The average Bonchev–Trinajstić information content (AvgIpc) is 2.45. The lowest BCUT2D eigenvalue weighted by molar-refractivity contribution is 0.405. The lowest BCUT2D eigenvalue weighted by Crippen LogP contribution is -1.96. The van der Waals surface area contributed by atoms with E-state index in [-0.39, 0.29) is 0 Å². The standard InChI is InChI=1S/C20H29NO/c1-7-9-17(16(6)22)12-13-21-20-18(14(2)3)10-8-11-19(20)15(4)5/h7-8,10-11,13-15,22H,1,9,12H2,2-6H3/b17-16+,21-13?. The zero-order valence-corrected chi connectivity index (χ0v) is 14.6. The number of allylic oxidation sites excluding steroid dienone is 3. The van der Waals surface area contributed by atoms with E-state index in [4.69, 9.17) is 4.99 Å². The third-order valence-electron chi connectivity index (χ3n) is 3.80. The Balaban J connectivity index is 3.13. The van der Waals surface area contributed by atoms with Gasteiger partial charge in [0.05, 0.1) is 11.4 Å². The van der Waals surface area contributed by atoms with Crippen LogP contribution in [0, 0.1) is 0 Å². The molecule has 22 heavy (non-hydrogen) atoms. The highest BCUT2D eigenvalue weighted by molar-refractivity contribution is 5.70. The van der Waals surface area contributed by atoms with E-state index in [9.17, 15) is 5.11 Å². The molecule has 0 radical (unpaired) electrons. The van der Waals surface area contributed by atoms with Crippen molar-refractivity contribution in [3.63, 3.8) is 0 Å². The third-order valence-corrected chi connectivity index (χ3v) is 3.80. The van der Waals surface area contributed by atoms with Crippen molar-refractivity contribution in [3.05, 3.63) is 53.3 Å². The first-order valence-corrected chi connectivity index (χ1v) is 8.02. The molecule has 0 atom stereocenters. The Hall–Kier alpha value is -1.83. The summed E-state index contributed by atoms with van der Waals surface area (Å²) in [6, 6.07) is 6.42. The lowest BCUT2D eigenvalue weighted by Gasteiger charge is -2.16. The topological polar surface area (TPSA) is 32.6 Å². The van der Waals surface area contributed by atoms with Gasteiger partial charge in [-0.05, 0) is 41.9 Å². The van der Waals surface area contributed by atoms with Gasteiger partial charge in [-0.25, -0.2) is 0 Å². The molecule has 0 aliphatic heterocycles. The number of aliphatic hydroxyl groups is 1. The molecule has 0 saturated heterocycles. The maximum atomic E-state index is 9.70. The highest BCUT2D eigenvalue weighted by Gasteiger charge is 2.12. The fourth-order valence-electron chi connectivity index (χ4n) is 2.46. The number of hydrogen-bond donors (Lipinski definition) is 1. The summed E-state index contributed by atoms with van der Waals surface area (Å²) in [5.41, 5.74) is 4.60. The van der Waals surface area contributed by atoms with Crippen LogP contribution in [-0.2, 0) is 0 Å². The van der Waals surface area contributed by atoms with Crippen LogP contribution < -0.4 is 0 Å². The largest absolute Gasteiger partial charge is 0.513 e. The quantitative estimate of drug-likeness (QED) is 0.351. The van der Waals surface area contributed by atoms with Gasteiger partial charge in [-0.3, -0.25) is 4.99 Å². The summed E-state index contributed by atoms with van der Waals surface area (Å²) in [4.78, 5) is 4.75. The molecule has 120 valence electrons. The first kappa shape index (κ1) is 18.2. The SMILES string of the molecule is C=CC/C(CC=Nc1c(C(C)C)cccc1C(C)C)=C(/C)O. The van der Waals surface area contributed by atoms with Gasteiger partial charge in [0.25, 0.3) is 0 Å². The molecule has 2 nitrogen and oxygen atoms in total. The van der Waals surface area contributed by atoms with Crippen LogP contribution in [0.5, 0.6) is 0 Å². The summed E-state index contributed by atoms with van der Waals surface area (Å²) in [6.45, 7) is 14.2. The predicted octanol–water partition coefficient (Wildman–Crippen LogP) is 6.43. The lowest BCUT2D eigenvalue weighted by atomic mass is 9.93. The van der Waals surface area contributed by atoms with E-state index < -0.39 is 0 Å². The highest BCUT2D eigenvalue weighted by Crippen LogP contribution is 2.34. The van der Waals surface area contributed by atoms with Crippen LogP contribution >= 0.6 is 0 Å². The minimum absolute atomic E-state index is 0.368. The van der Waals surface area contributed by atoms with Crippen molar-refractivity contribution in [2.45, 2.75) is 59.3 Å². The van der Waals surface area contributed by atoms with Crippen molar-refractivity contribution in [1.82, 2.24) is 0 Å². The van der Waals surface area contributed by atoms with Crippen LogP contribution in [0.25, 0.3) is 0 Å². The molecule has 1 aromatic carbocycles. The van der Waals surface area contributed by atoms with Crippen LogP contribution in [0.3, 0.4) is 0 Å². The van der Waals surface area contributed by atoms with E-state index in [2.05, 4.69) is 52.5 Å². The van der Waals surface area contributed by atoms with Crippen molar-refractivity contribution in [3.8, 4) is 0 Å². The Morgan fingerprint density at radius 3 is 2.09 bits per heavy atom. The number of aliphatic imine (C=N–C) groups is 1. The van der Waals surface area contributed by atoms with Crippen LogP contribution in [0.4, 0.5) is 5.69 Å². The fraction of sp³-hybridized carbons (Fsp3) is 0.450. The van der Waals surface area contributed by atoms with E-state index in [0.29, 0.717) is 30.4 Å². The molecule has 0 bridgehead atoms. The molecule has 0 amide bonds. The van der Waals surface area contributed by atoms with Crippen LogP contribution in [0.2, 0.25) is 0 Å². The summed E-state index contributed by atoms with van der Waals surface area (Å²) in [5, 5.41) is 9.70. The van der Waals surface area contributed by atoms with E-state index in [1.54, 1.807) is 6.92 Å². The maximum Gasteiger partial charge on any atom is 0.0890 e. The first-order chi connectivity index (χ1) is 10.4. The zero-order chi connectivity index (χ0) is 16.7. The van der Waals surface area contributed by atoms with Gasteiger partial charge in [-0.15, -0.1) is 6.58 Å². The van der Waals surface area contributed by atoms with E-state index in [1.165, 1.54) is 11.1 Å². The zero-order valence-electron chi connectivity index (χ0n) is 14.6. The Morgan fingerprint density at radius 2 is 1.68 bits per heavy atom. The highest BCUT2D eigenvalue weighted by atomic mass is 16.3. The Kier molecular flexibility index (Phi) is 7.10. The van der Waals surface area contributed by atoms with Crippen molar-refractivity contribution in [2.75, 3.05) is 0 Å². The minimum atomic E-state index is 0.368. The molecule has 0 saturated carbocycles.